The fourth-order valence-corrected chi connectivity index (χ4v) is 2.31. The molecule has 3 heteroatoms. The molecule has 0 saturated heterocycles. The van der Waals surface area contributed by atoms with Crippen molar-refractivity contribution in [3.63, 3.8) is 0 Å². The van der Waals surface area contributed by atoms with E-state index in [1.807, 2.05) is 18.3 Å². The van der Waals surface area contributed by atoms with Crippen LogP contribution in [-0.4, -0.2) is 18.1 Å². The molecule has 0 saturated carbocycles. The Kier molecular flexibility index (Phi) is 6.22. The summed E-state index contributed by atoms with van der Waals surface area (Å²) < 4.78 is 0. The van der Waals surface area contributed by atoms with Crippen molar-refractivity contribution in [2.75, 3.05) is 18.0 Å². The molecule has 1 aromatic carbocycles. The predicted molar refractivity (Wildman–Crippen MR) is 89.4 cm³/mol. The van der Waals surface area contributed by atoms with E-state index in [0.717, 1.165) is 31.9 Å². The highest BCUT2D eigenvalue weighted by Gasteiger charge is 2.06. The summed E-state index contributed by atoms with van der Waals surface area (Å²) in [5, 5.41) is 3.43. The number of aromatic nitrogens is 1. The number of hydrogen-bond acceptors (Lipinski definition) is 3. The Balaban J connectivity index is 1.98. The molecule has 0 bridgehead atoms. The monoisotopic (exact) mass is 283 g/mol. The molecule has 3 nitrogen and oxygen atoms in total. The molecule has 0 unspecified atom stereocenters. The van der Waals surface area contributed by atoms with Crippen LogP contribution in [0.2, 0.25) is 0 Å². The second kappa shape index (κ2) is 8.42. The average Bonchev–Trinajstić information content (AvgIpc) is 2.55. The summed E-state index contributed by atoms with van der Waals surface area (Å²) in [7, 11) is 0. The number of anilines is 1. The van der Waals surface area contributed by atoms with Crippen LogP contribution in [0.15, 0.2) is 48.7 Å². The van der Waals surface area contributed by atoms with Gasteiger partial charge in [-0.15, -0.1) is 0 Å². The molecular weight excluding hydrogens is 258 g/mol. The summed E-state index contributed by atoms with van der Waals surface area (Å²) in [5.74, 6) is 0. The molecule has 0 spiro atoms. The summed E-state index contributed by atoms with van der Waals surface area (Å²) in [5.41, 5.74) is 3.69. The Labute approximate surface area is 128 Å². The van der Waals surface area contributed by atoms with Crippen molar-refractivity contribution in [2.24, 2.45) is 0 Å². The largest absolute Gasteiger partial charge is 0.366 e. The molecule has 112 valence electrons. The first-order valence-corrected chi connectivity index (χ1v) is 7.78. The van der Waals surface area contributed by atoms with E-state index in [-0.39, 0.29) is 0 Å². The summed E-state index contributed by atoms with van der Waals surface area (Å²) in [4.78, 5) is 6.75. The molecule has 0 fully saturated rings. The first-order chi connectivity index (χ1) is 10.3. The number of pyridine rings is 1. The minimum atomic E-state index is 0.852. The maximum Gasteiger partial charge on any atom is 0.0601 e. The number of nitrogens with zero attached hydrogens (tertiary/aromatic N) is 2. The maximum absolute atomic E-state index is 4.41. The van der Waals surface area contributed by atoms with Gasteiger partial charge < -0.3 is 10.2 Å². The fraction of sp³-hybridized carbons (Fsp3) is 0.389. The Morgan fingerprint density at radius 3 is 2.48 bits per heavy atom. The van der Waals surface area contributed by atoms with Crippen molar-refractivity contribution >= 4 is 5.69 Å². The van der Waals surface area contributed by atoms with E-state index in [0.29, 0.717) is 0 Å². The van der Waals surface area contributed by atoms with Gasteiger partial charge in [0.1, 0.15) is 0 Å². The Morgan fingerprint density at radius 1 is 1.05 bits per heavy atom. The van der Waals surface area contributed by atoms with Crippen LogP contribution in [-0.2, 0) is 13.1 Å². The zero-order valence-corrected chi connectivity index (χ0v) is 13.0. The SMILES string of the molecule is CCCNCc1ccc(N(CC)Cc2ccccn2)cc1. The zero-order chi connectivity index (χ0) is 14.9. The number of rotatable bonds is 8. The molecule has 21 heavy (non-hydrogen) atoms. The van der Waals surface area contributed by atoms with Crippen LogP contribution in [0.1, 0.15) is 31.5 Å². The van der Waals surface area contributed by atoms with Crippen molar-refractivity contribution < 1.29 is 0 Å². The van der Waals surface area contributed by atoms with Crippen LogP contribution >= 0.6 is 0 Å². The van der Waals surface area contributed by atoms with E-state index < -0.39 is 0 Å². The molecule has 2 rings (SSSR count). The molecule has 1 heterocycles. The molecule has 0 amide bonds. The minimum absolute atomic E-state index is 0.852. The highest BCUT2D eigenvalue weighted by molar-refractivity contribution is 5.47. The van der Waals surface area contributed by atoms with Gasteiger partial charge in [0, 0.05) is 25.0 Å². The molecule has 0 aliphatic rings. The molecule has 0 atom stereocenters. The minimum Gasteiger partial charge on any atom is -0.366 e. The molecule has 1 N–H and O–H groups in total. The normalized spacial score (nSPS) is 10.6. The van der Waals surface area contributed by atoms with Gasteiger partial charge in [-0.05, 0) is 49.7 Å². The van der Waals surface area contributed by atoms with E-state index >= 15 is 0 Å². The van der Waals surface area contributed by atoms with Crippen molar-refractivity contribution in [3.05, 3.63) is 59.9 Å². The number of nitrogens with one attached hydrogen (secondary N) is 1. The summed E-state index contributed by atoms with van der Waals surface area (Å²) in [6.45, 7) is 8.21. The van der Waals surface area contributed by atoms with Crippen LogP contribution in [0.25, 0.3) is 0 Å². The van der Waals surface area contributed by atoms with Gasteiger partial charge in [0.25, 0.3) is 0 Å². The van der Waals surface area contributed by atoms with E-state index in [1.54, 1.807) is 0 Å². The summed E-state index contributed by atoms with van der Waals surface area (Å²) >= 11 is 0. The lowest BCUT2D eigenvalue weighted by Gasteiger charge is -2.23. The predicted octanol–water partition coefficient (Wildman–Crippen LogP) is 3.61. The lowest BCUT2D eigenvalue weighted by Crippen LogP contribution is -2.22. The Hall–Kier alpha value is -1.87. The zero-order valence-electron chi connectivity index (χ0n) is 13.0. The number of benzene rings is 1. The van der Waals surface area contributed by atoms with Crippen molar-refractivity contribution in [2.45, 2.75) is 33.4 Å². The topological polar surface area (TPSA) is 28.2 Å². The highest BCUT2D eigenvalue weighted by atomic mass is 15.1. The lowest BCUT2D eigenvalue weighted by atomic mass is 10.2. The molecule has 0 radical (unpaired) electrons. The second-order valence-corrected chi connectivity index (χ2v) is 5.18. The molecule has 1 aromatic heterocycles. The summed E-state index contributed by atoms with van der Waals surface area (Å²) in [6, 6.07) is 14.9. The first kappa shape index (κ1) is 15.5. The van der Waals surface area contributed by atoms with Gasteiger partial charge in [0.2, 0.25) is 0 Å². The van der Waals surface area contributed by atoms with Crippen LogP contribution in [0.5, 0.6) is 0 Å². The van der Waals surface area contributed by atoms with E-state index in [2.05, 4.69) is 59.4 Å². The van der Waals surface area contributed by atoms with Gasteiger partial charge in [0.05, 0.1) is 12.2 Å². The Morgan fingerprint density at radius 2 is 1.86 bits per heavy atom. The molecule has 2 aromatic rings. The van der Waals surface area contributed by atoms with Crippen molar-refractivity contribution in [1.82, 2.24) is 10.3 Å². The van der Waals surface area contributed by atoms with Gasteiger partial charge in [0.15, 0.2) is 0 Å². The first-order valence-electron chi connectivity index (χ1n) is 7.78. The molecule has 0 aliphatic carbocycles. The van der Waals surface area contributed by atoms with Gasteiger partial charge in [-0.25, -0.2) is 0 Å². The Bertz CT molecular complexity index is 508. The van der Waals surface area contributed by atoms with Crippen molar-refractivity contribution in [3.8, 4) is 0 Å². The van der Waals surface area contributed by atoms with Crippen molar-refractivity contribution in [1.29, 1.82) is 0 Å². The highest BCUT2D eigenvalue weighted by Crippen LogP contribution is 2.17. The standard InChI is InChI=1S/C18H25N3/c1-3-12-19-14-16-8-10-18(11-9-16)21(4-2)15-17-7-5-6-13-20-17/h5-11,13,19H,3-4,12,14-15H2,1-2H3. The summed E-state index contributed by atoms with van der Waals surface area (Å²) in [6.07, 6.45) is 3.03. The second-order valence-electron chi connectivity index (χ2n) is 5.18. The van der Waals surface area contributed by atoms with Crippen LogP contribution in [0.4, 0.5) is 5.69 Å². The quantitative estimate of drug-likeness (QED) is 0.750. The van der Waals surface area contributed by atoms with E-state index in [4.69, 9.17) is 0 Å². The maximum atomic E-state index is 4.41. The average molecular weight is 283 g/mol. The third-order valence-electron chi connectivity index (χ3n) is 3.52. The van der Waals surface area contributed by atoms with E-state index in [9.17, 15) is 0 Å². The van der Waals surface area contributed by atoms with Gasteiger partial charge in [-0.1, -0.05) is 25.1 Å². The van der Waals surface area contributed by atoms with Crippen LogP contribution in [0.3, 0.4) is 0 Å². The van der Waals surface area contributed by atoms with Crippen LogP contribution in [0, 0.1) is 0 Å². The number of hydrogen-bond donors (Lipinski definition) is 1. The third-order valence-corrected chi connectivity index (χ3v) is 3.52. The van der Waals surface area contributed by atoms with Gasteiger partial charge >= 0.3 is 0 Å². The molecular formula is C18H25N3. The fourth-order valence-electron chi connectivity index (χ4n) is 2.31. The smallest absolute Gasteiger partial charge is 0.0601 e. The van der Waals surface area contributed by atoms with Gasteiger partial charge in [-0.2, -0.15) is 0 Å². The molecule has 0 aliphatic heterocycles. The lowest BCUT2D eigenvalue weighted by molar-refractivity contribution is 0.675. The van der Waals surface area contributed by atoms with Gasteiger partial charge in [-0.3, -0.25) is 4.98 Å². The van der Waals surface area contributed by atoms with E-state index in [1.165, 1.54) is 17.7 Å². The van der Waals surface area contributed by atoms with Crippen LogP contribution < -0.4 is 10.2 Å². The third kappa shape index (κ3) is 4.87.